The molecule has 1 aromatic rings. The van der Waals surface area contributed by atoms with Crippen molar-refractivity contribution in [1.82, 2.24) is 4.98 Å². The number of hydrogen-bond acceptors (Lipinski definition) is 5. The van der Waals surface area contributed by atoms with Crippen LogP contribution in [-0.2, 0) is 9.84 Å². The summed E-state index contributed by atoms with van der Waals surface area (Å²) in [4.78, 5) is 4.10. The van der Waals surface area contributed by atoms with Gasteiger partial charge in [-0.25, -0.2) is 13.4 Å². The van der Waals surface area contributed by atoms with Crippen LogP contribution < -0.4 is 10.1 Å². The van der Waals surface area contributed by atoms with E-state index in [9.17, 15) is 8.42 Å². The fraction of sp³-hybridized carbons (Fsp3) is 0.583. The van der Waals surface area contributed by atoms with Gasteiger partial charge in [-0.2, -0.15) is 0 Å². The molecule has 0 aliphatic carbocycles. The van der Waals surface area contributed by atoms with Crippen molar-refractivity contribution in [2.75, 3.05) is 23.4 Å². The number of pyridine rings is 1. The second-order valence-corrected chi connectivity index (χ2v) is 6.46. The first kappa shape index (κ1) is 14.8. The van der Waals surface area contributed by atoms with Gasteiger partial charge in [0.05, 0.1) is 24.2 Å². The largest absolute Gasteiger partial charge is 0.478 e. The van der Waals surface area contributed by atoms with Gasteiger partial charge >= 0.3 is 0 Å². The molecule has 0 aromatic carbocycles. The van der Waals surface area contributed by atoms with Crippen molar-refractivity contribution in [3.05, 3.63) is 18.3 Å². The highest BCUT2D eigenvalue weighted by molar-refractivity contribution is 7.91. The second kappa shape index (κ2) is 6.58. The first-order valence-corrected chi connectivity index (χ1v) is 7.84. The number of ether oxygens (including phenoxy) is 1. The Hall–Kier alpha value is -1.30. The summed E-state index contributed by atoms with van der Waals surface area (Å²) in [5, 5.41) is 3.10. The van der Waals surface area contributed by atoms with Gasteiger partial charge in [0.1, 0.15) is 0 Å². The highest BCUT2D eigenvalue weighted by Crippen LogP contribution is 2.13. The summed E-state index contributed by atoms with van der Waals surface area (Å²) in [5.74, 6) is 0.856. The average Bonchev–Trinajstić information content (AvgIpc) is 2.31. The lowest BCUT2D eigenvalue weighted by molar-refractivity contribution is 0.327. The van der Waals surface area contributed by atoms with Crippen LogP contribution in [0.25, 0.3) is 0 Å². The molecule has 0 saturated carbocycles. The lowest BCUT2D eigenvalue weighted by atomic mass is 10.3. The Morgan fingerprint density at radius 3 is 2.61 bits per heavy atom. The van der Waals surface area contributed by atoms with E-state index in [1.54, 1.807) is 19.2 Å². The number of sulfone groups is 1. The zero-order valence-electron chi connectivity index (χ0n) is 11.0. The number of nitrogens with zero attached hydrogens (tertiary/aromatic N) is 1. The molecule has 0 aliphatic heterocycles. The van der Waals surface area contributed by atoms with Gasteiger partial charge in [-0.3, -0.25) is 0 Å². The van der Waals surface area contributed by atoms with E-state index in [2.05, 4.69) is 10.3 Å². The van der Waals surface area contributed by atoms with Crippen molar-refractivity contribution in [3.8, 4) is 5.88 Å². The van der Waals surface area contributed by atoms with Crippen molar-refractivity contribution < 1.29 is 13.2 Å². The first-order chi connectivity index (χ1) is 8.46. The molecule has 1 N–H and O–H groups in total. The van der Waals surface area contributed by atoms with Gasteiger partial charge in [0.15, 0.2) is 9.84 Å². The third-order valence-electron chi connectivity index (χ3n) is 2.39. The van der Waals surface area contributed by atoms with E-state index >= 15 is 0 Å². The molecule has 6 heteroatoms. The molecule has 1 aromatic heterocycles. The number of hydrogen-bond donors (Lipinski definition) is 1. The van der Waals surface area contributed by atoms with Crippen LogP contribution in [-0.4, -0.2) is 37.6 Å². The lowest BCUT2D eigenvalue weighted by Crippen LogP contribution is -2.26. The van der Waals surface area contributed by atoms with Gasteiger partial charge in [0, 0.05) is 17.9 Å². The van der Waals surface area contributed by atoms with Crippen molar-refractivity contribution in [2.45, 2.75) is 26.8 Å². The number of nitrogens with one attached hydrogen (secondary N) is 1. The molecule has 102 valence electrons. The molecule has 1 atom stereocenters. The van der Waals surface area contributed by atoms with Gasteiger partial charge in [-0.15, -0.1) is 0 Å². The molecule has 0 spiro atoms. The van der Waals surface area contributed by atoms with E-state index in [0.717, 1.165) is 5.69 Å². The van der Waals surface area contributed by atoms with Gasteiger partial charge in [-0.1, -0.05) is 6.92 Å². The molecule has 0 bridgehead atoms. The van der Waals surface area contributed by atoms with Crippen molar-refractivity contribution >= 4 is 15.5 Å². The maximum Gasteiger partial charge on any atom is 0.213 e. The molecule has 0 fully saturated rings. The summed E-state index contributed by atoms with van der Waals surface area (Å²) in [6.07, 6.45) is 1.64. The summed E-state index contributed by atoms with van der Waals surface area (Å²) in [6, 6.07) is 3.44. The summed E-state index contributed by atoms with van der Waals surface area (Å²) < 4.78 is 28.2. The van der Waals surface area contributed by atoms with Gasteiger partial charge in [-0.05, 0) is 19.9 Å². The fourth-order valence-corrected chi connectivity index (χ4v) is 2.60. The van der Waals surface area contributed by atoms with Gasteiger partial charge in [0.2, 0.25) is 5.88 Å². The van der Waals surface area contributed by atoms with E-state index in [-0.39, 0.29) is 17.5 Å². The normalized spacial score (nSPS) is 13.1. The molecule has 1 unspecified atom stereocenters. The molecular formula is C12H20N2O3S. The second-order valence-electron chi connectivity index (χ2n) is 4.06. The van der Waals surface area contributed by atoms with E-state index in [1.807, 2.05) is 19.9 Å². The van der Waals surface area contributed by atoms with Crippen molar-refractivity contribution in [2.24, 2.45) is 0 Å². The average molecular weight is 272 g/mol. The van der Waals surface area contributed by atoms with Crippen LogP contribution in [0.4, 0.5) is 5.69 Å². The highest BCUT2D eigenvalue weighted by Gasteiger charge is 2.13. The minimum absolute atomic E-state index is 0.122. The predicted molar refractivity (Wildman–Crippen MR) is 72.8 cm³/mol. The number of anilines is 1. The third kappa shape index (κ3) is 4.91. The van der Waals surface area contributed by atoms with Crippen LogP contribution in [0.2, 0.25) is 0 Å². The lowest BCUT2D eigenvalue weighted by Gasteiger charge is -2.14. The summed E-state index contributed by atoms with van der Waals surface area (Å²) in [7, 11) is -2.96. The fourth-order valence-electron chi connectivity index (χ4n) is 1.52. The smallest absolute Gasteiger partial charge is 0.213 e. The molecule has 18 heavy (non-hydrogen) atoms. The molecule has 0 radical (unpaired) electrons. The quantitative estimate of drug-likeness (QED) is 0.818. The van der Waals surface area contributed by atoms with E-state index in [1.165, 1.54) is 0 Å². The Kier molecular flexibility index (Phi) is 5.40. The zero-order valence-corrected chi connectivity index (χ0v) is 11.8. The first-order valence-electron chi connectivity index (χ1n) is 6.02. The Morgan fingerprint density at radius 1 is 1.39 bits per heavy atom. The maximum atomic E-state index is 11.5. The van der Waals surface area contributed by atoms with Crippen molar-refractivity contribution in [1.29, 1.82) is 0 Å². The Bertz CT molecular complexity index is 457. The SMILES string of the molecule is CCOc1ccc(NC(C)CS(=O)(=O)CC)cn1. The Labute approximate surface area is 108 Å². The molecule has 1 rings (SSSR count). The molecular weight excluding hydrogens is 252 g/mol. The Balaban J connectivity index is 2.57. The molecule has 0 aliphatic rings. The Morgan fingerprint density at radius 2 is 2.11 bits per heavy atom. The maximum absolute atomic E-state index is 11.5. The zero-order chi connectivity index (χ0) is 13.6. The van der Waals surface area contributed by atoms with Crippen LogP contribution in [0.5, 0.6) is 5.88 Å². The van der Waals surface area contributed by atoms with E-state index in [0.29, 0.717) is 12.5 Å². The highest BCUT2D eigenvalue weighted by atomic mass is 32.2. The van der Waals surface area contributed by atoms with Crippen LogP contribution in [0.3, 0.4) is 0 Å². The summed E-state index contributed by atoms with van der Waals surface area (Å²) >= 11 is 0. The van der Waals surface area contributed by atoms with E-state index in [4.69, 9.17) is 4.74 Å². The van der Waals surface area contributed by atoms with Crippen LogP contribution in [0.15, 0.2) is 18.3 Å². The summed E-state index contributed by atoms with van der Waals surface area (Å²) in [6.45, 7) is 5.96. The third-order valence-corrected chi connectivity index (χ3v) is 4.27. The number of aromatic nitrogens is 1. The molecule has 0 saturated heterocycles. The van der Waals surface area contributed by atoms with Gasteiger partial charge in [0.25, 0.3) is 0 Å². The minimum atomic E-state index is -2.96. The van der Waals surface area contributed by atoms with E-state index < -0.39 is 9.84 Å². The topological polar surface area (TPSA) is 68.3 Å². The van der Waals surface area contributed by atoms with Crippen LogP contribution >= 0.6 is 0 Å². The molecule has 5 nitrogen and oxygen atoms in total. The number of rotatable bonds is 7. The van der Waals surface area contributed by atoms with Crippen LogP contribution in [0, 0.1) is 0 Å². The summed E-state index contributed by atoms with van der Waals surface area (Å²) in [5.41, 5.74) is 0.789. The van der Waals surface area contributed by atoms with Gasteiger partial charge < -0.3 is 10.1 Å². The monoisotopic (exact) mass is 272 g/mol. The standard InChI is InChI=1S/C12H20N2O3S/c1-4-17-12-7-6-11(8-13-12)14-10(3)9-18(15,16)5-2/h6-8,10,14H,4-5,9H2,1-3H3. The van der Waals surface area contributed by atoms with Crippen LogP contribution in [0.1, 0.15) is 20.8 Å². The molecule has 0 amide bonds. The van der Waals surface area contributed by atoms with Crippen molar-refractivity contribution in [3.63, 3.8) is 0 Å². The molecule has 1 heterocycles. The predicted octanol–water partition coefficient (Wildman–Crippen LogP) is 1.72. The minimum Gasteiger partial charge on any atom is -0.478 e.